The van der Waals surface area contributed by atoms with Crippen molar-refractivity contribution < 1.29 is 9.84 Å². The fourth-order valence-electron chi connectivity index (χ4n) is 3.73. The normalized spacial score (nSPS) is 28.2. The summed E-state index contributed by atoms with van der Waals surface area (Å²) in [7, 11) is 0. The maximum Gasteiger partial charge on any atom is 0.123 e. The van der Waals surface area contributed by atoms with E-state index in [1.54, 1.807) is 0 Å². The van der Waals surface area contributed by atoms with Crippen LogP contribution in [0.2, 0.25) is 0 Å². The SMILES string of the molecule is O[C@H]1CCCC[C@@H]1c1ccccc1OC1CCCCC1. The molecular weight excluding hydrogens is 248 g/mol. The number of aliphatic hydroxyl groups excluding tert-OH is 1. The Morgan fingerprint density at radius 1 is 0.850 bits per heavy atom. The van der Waals surface area contributed by atoms with E-state index >= 15 is 0 Å². The van der Waals surface area contributed by atoms with Crippen molar-refractivity contribution in [2.24, 2.45) is 0 Å². The zero-order valence-electron chi connectivity index (χ0n) is 12.3. The van der Waals surface area contributed by atoms with Crippen molar-refractivity contribution in [2.45, 2.75) is 75.9 Å². The van der Waals surface area contributed by atoms with Crippen LogP contribution in [0.4, 0.5) is 0 Å². The highest BCUT2D eigenvalue weighted by molar-refractivity contribution is 5.37. The van der Waals surface area contributed by atoms with E-state index in [-0.39, 0.29) is 12.0 Å². The lowest BCUT2D eigenvalue weighted by atomic mass is 9.81. The topological polar surface area (TPSA) is 29.5 Å². The van der Waals surface area contributed by atoms with Crippen LogP contribution < -0.4 is 4.74 Å². The van der Waals surface area contributed by atoms with Gasteiger partial charge in [-0.1, -0.05) is 37.5 Å². The van der Waals surface area contributed by atoms with E-state index in [0.29, 0.717) is 6.10 Å². The lowest BCUT2D eigenvalue weighted by molar-refractivity contribution is 0.101. The van der Waals surface area contributed by atoms with Crippen molar-refractivity contribution in [1.82, 2.24) is 0 Å². The molecule has 3 rings (SSSR count). The minimum Gasteiger partial charge on any atom is -0.490 e. The molecule has 2 saturated carbocycles. The van der Waals surface area contributed by atoms with Crippen molar-refractivity contribution in [1.29, 1.82) is 0 Å². The van der Waals surface area contributed by atoms with Crippen LogP contribution in [0.1, 0.15) is 69.3 Å². The molecule has 2 aliphatic rings. The smallest absolute Gasteiger partial charge is 0.123 e. The van der Waals surface area contributed by atoms with Crippen LogP contribution >= 0.6 is 0 Å². The van der Waals surface area contributed by atoms with Crippen LogP contribution in [0.15, 0.2) is 24.3 Å². The molecule has 2 aliphatic carbocycles. The third-order valence-electron chi connectivity index (χ3n) is 4.89. The van der Waals surface area contributed by atoms with E-state index in [9.17, 15) is 5.11 Å². The summed E-state index contributed by atoms with van der Waals surface area (Å²) >= 11 is 0. The summed E-state index contributed by atoms with van der Waals surface area (Å²) in [5, 5.41) is 10.3. The first-order valence-electron chi connectivity index (χ1n) is 8.28. The van der Waals surface area contributed by atoms with Gasteiger partial charge in [-0.25, -0.2) is 0 Å². The van der Waals surface area contributed by atoms with Gasteiger partial charge >= 0.3 is 0 Å². The Hall–Kier alpha value is -1.02. The minimum atomic E-state index is -0.195. The van der Waals surface area contributed by atoms with E-state index in [1.807, 2.05) is 0 Å². The van der Waals surface area contributed by atoms with Crippen LogP contribution in [0.25, 0.3) is 0 Å². The number of rotatable bonds is 3. The van der Waals surface area contributed by atoms with Crippen molar-refractivity contribution >= 4 is 0 Å². The zero-order valence-corrected chi connectivity index (χ0v) is 12.3. The predicted molar refractivity (Wildman–Crippen MR) is 81.2 cm³/mol. The van der Waals surface area contributed by atoms with Gasteiger partial charge < -0.3 is 9.84 Å². The summed E-state index contributed by atoms with van der Waals surface area (Å²) in [6.45, 7) is 0. The van der Waals surface area contributed by atoms with Gasteiger partial charge in [0.05, 0.1) is 12.2 Å². The second-order valence-electron chi connectivity index (χ2n) is 6.37. The summed E-state index contributed by atoms with van der Waals surface area (Å²) in [4.78, 5) is 0. The molecule has 0 aliphatic heterocycles. The second kappa shape index (κ2) is 6.62. The maximum absolute atomic E-state index is 10.3. The van der Waals surface area contributed by atoms with Crippen molar-refractivity contribution in [3.8, 4) is 5.75 Å². The van der Waals surface area contributed by atoms with Crippen LogP contribution in [0.3, 0.4) is 0 Å². The zero-order chi connectivity index (χ0) is 13.8. The Balaban J connectivity index is 1.76. The maximum atomic E-state index is 10.3. The summed E-state index contributed by atoms with van der Waals surface area (Å²) in [6.07, 6.45) is 10.9. The van der Waals surface area contributed by atoms with Crippen molar-refractivity contribution in [3.05, 3.63) is 29.8 Å². The molecule has 0 bridgehead atoms. The number of hydrogen-bond acceptors (Lipinski definition) is 2. The minimum absolute atomic E-state index is 0.195. The molecule has 0 radical (unpaired) electrons. The van der Waals surface area contributed by atoms with Crippen LogP contribution in [0, 0.1) is 0 Å². The molecule has 0 unspecified atom stereocenters. The molecule has 20 heavy (non-hydrogen) atoms. The molecule has 1 aromatic carbocycles. The second-order valence-corrected chi connectivity index (χ2v) is 6.37. The number of benzene rings is 1. The van der Waals surface area contributed by atoms with Gasteiger partial charge in [0.2, 0.25) is 0 Å². The first kappa shape index (κ1) is 13.9. The molecule has 110 valence electrons. The van der Waals surface area contributed by atoms with Crippen LogP contribution in [-0.4, -0.2) is 17.3 Å². The Bertz CT molecular complexity index is 423. The number of para-hydroxylation sites is 1. The van der Waals surface area contributed by atoms with Gasteiger partial charge in [0.25, 0.3) is 0 Å². The molecule has 2 atom stereocenters. The Labute approximate surface area is 122 Å². The molecule has 2 heteroatoms. The van der Waals surface area contributed by atoms with Crippen molar-refractivity contribution in [2.75, 3.05) is 0 Å². The van der Waals surface area contributed by atoms with Gasteiger partial charge in [-0.2, -0.15) is 0 Å². The van der Waals surface area contributed by atoms with Gasteiger partial charge in [-0.05, 0) is 50.2 Å². The molecule has 0 aromatic heterocycles. The van der Waals surface area contributed by atoms with Gasteiger partial charge in [-0.15, -0.1) is 0 Å². The van der Waals surface area contributed by atoms with Crippen LogP contribution in [-0.2, 0) is 0 Å². The predicted octanol–water partition coefficient (Wildman–Crippen LogP) is 4.42. The monoisotopic (exact) mass is 274 g/mol. The highest BCUT2D eigenvalue weighted by Gasteiger charge is 2.27. The largest absolute Gasteiger partial charge is 0.490 e. The Kier molecular flexibility index (Phi) is 4.62. The highest BCUT2D eigenvalue weighted by atomic mass is 16.5. The summed E-state index contributed by atoms with van der Waals surface area (Å²) in [5.41, 5.74) is 1.23. The average molecular weight is 274 g/mol. The Morgan fingerprint density at radius 2 is 1.55 bits per heavy atom. The molecule has 2 nitrogen and oxygen atoms in total. The van der Waals surface area contributed by atoms with Gasteiger partial charge in [0.1, 0.15) is 5.75 Å². The van der Waals surface area contributed by atoms with E-state index < -0.39 is 0 Å². The lowest BCUT2D eigenvalue weighted by Crippen LogP contribution is -2.25. The average Bonchev–Trinajstić information content (AvgIpc) is 2.50. The summed E-state index contributed by atoms with van der Waals surface area (Å²) in [5.74, 6) is 1.29. The van der Waals surface area contributed by atoms with Crippen molar-refractivity contribution in [3.63, 3.8) is 0 Å². The number of aliphatic hydroxyl groups is 1. The molecule has 0 spiro atoms. The number of hydrogen-bond donors (Lipinski definition) is 1. The molecule has 2 fully saturated rings. The molecule has 1 aromatic rings. The van der Waals surface area contributed by atoms with E-state index in [1.165, 1.54) is 44.1 Å². The standard InChI is InChI=1S/C18H26O2/c19-17-12-6-4-10-15(17)16-11-5-7-13-18(16)20-14-8-2-1-3-9-14/h5,7,11,13-15,17,19H,1-4,6,8-10,12H2/t15-,17+/m1/s1. The highest BCUT2D eigenvalue weighted by Crippen LogP contribution is 2.38. The lowest BCUT2D eigenvalue weighted by Gasteiger charge is -2.31. The Morgan fingerprint density at radius 3 is 2.35 bits per heavy atom. The van der Waals surface area contributed by atoms with E-state index in [2.05, 4.69) is 24.3 Å². The number of ether oxygens (including phenoxy) is 1. The van der Waals surface area contributed by atoms with Crippen LogP contribution in [0.5, 0.6) is 5.75 Å². The van der Waals surface area contributed by atoms with Gasteiger partial charge in [0.15, 0.2) is 0 Å². The molecule has 0 saturated heterocycles. The molecule has 0 amide bonds. The van der Waals surface area contributed by atoms with E-state index in [4.69, 9.17) is 4.74 Å². The fourth-order valence-corrected chi connectivity index (χ4v) is 3.73. The summed E-state index contributed by atoms with van der Waals surface area (Å²) in [6, 6.07) is 8.36. The van der Waals surface area contributed by atoms with Gasteiger partial charge in [0, 0.05) is 5.92 Å². The third-order valence-corrected chi connectivity index (χ3v) is 4.89. The summed E-state index contributed by atoms with van der Waals surface area (Å²) < 4.78 is 6.28. The molecule has 0 heterocycles. The fraction of sp³-hybridized carbons (Fsp3) is 0.667. The first-order chi connectivity index (χ1) is 9.84. The quantitative estimate of drug-likeness (QED) is 0.884. The first-order valence-corrected chi connectivity index (χ1v) is 8.28. The van der Waals surface area contributed by atoms with Gasteiger partial charge in [-0.3, -0.25) is 0 Å². The molecule has 1 N–H and O–H groups in total. The third kappa shape index (κ3) is 3.17. The molecular formula is C18H26O2. The van der Waals surface area contributed by atoms with E-state index in [0.717, 1.165) is 25.0 Å².